The van der Waals surface area contributed by atoms with E-state index in [1.165, 1.54) is 11.1 Å². The number of benzene rings is 2. The summed E-state index contributed by atoms with van der Waals surface area (Å²) >= 11 is 0. The Hall–Kier alpha value is -1.39. The molecule has 0 aliphatic carbocycles. The van der Waals surface area contributed by atoms with E-state index in [0.717, 1.165) is 11.0 Å². The molecule has 1 nitrogen and oxygen atoms in total. The van der Waals surface area contributed by atoms with E-state index in [1.807, 2.05) is 0 Å². The van der Waals surface area contributed by atoms with Gasteiger partial charge in [0.2, 0.25) is 0 Å². The summed E-state index contributed by atoms with van der Waals surface area (Å²) in [6.07, 6.45) is 8.83. The quantitative estimate of drug-likeness (QED) is 0.549. The van der Waals surface area contributed by atoms with E-state index in [4.69, 9.17) is 0 Å². The Morgan fingerprint density at radius 2 is 1.33 bits per heavy atom. The van der Waals surface area contributed by atoms with E-state index in [-0.39, 0.29) is 24.0 Å². The highest BCUT2D eigenvalue weighted by Gasteiger charge is 2.33. The summed E-state index contributed by atoms with van der Waals surface area (Å²) in [7, 11) is 2.30. The van der Waals surface area contributed by atoms with Gasteiger partial charge in [-0.15, -0.1) is 0 Å². The van der Waals surface area contributed by atoms with Gasteiger partial charge in [0.1, 0.15) is 12.6 Å². The van der Waals surface area contributed by atoms with Crippen molar-refractivity contribution in [3.8, 4) is 0 Å². The maximum atomic E-state index is 2.30. The number of allylic oxidation sites excluding steroid dienone is 2. The highest BCUT2D eigenvalue weighted by molar-refractivity contribution is 5.30. The van der Waals surface area contributed by atoms with Crippen LogP contribution in [0.1, 0.15) is 17.2 Å². The topological polar surface area (TPSA) is 0 Å². The van der Waals surface area contributed by atoms with Crippen LogP contribution in [0.25, 0.3) is 0 Å². The standard InChI is InChI=1S/C19H20N.HI/c1-20(15-9-4-10-16-20)19(17-11-5-2-6-12-17)18-13-7-3-8-14-18;/h2-15,19H,16H2,1H3;1H/q+1;/p-1. The normalized spacial score (nSPS) is 20.3. The monoisotopic (exact) mass is 389 g/mol. The number of hydrogen-bond acceptors (Lipinski definition) is 0. The molecule has 1 heterocycles. The van der Waals surface area contributed by atoms with Crippen LogP contribution >= 0.6 is 0 Å². The Morgan fingerprint density at radius 3 is 1.76 bits per heavy atom. The molecule has 3 rings (SSSR count). The summed E-state index contributed by atoms with van der Waals surface area (Å²) < 4.78 is 0.879. The van der Waals surface area contributed by atoms with Crippen molar-refractivity contribution in [3.63, 3.8) is 0 Å². The lowest BCUT2D eigenvalue weighted by molar-refractivity contribution is -0.880. The third-order valence-corrected chi connectivity index (χ3v) is 3.99. The fourth-order valence-electron chi connectivity index (χ4n) is 3.01. The van der Waals surface area contributed by atoms with Crippen LogP contribution < -0.4 is 24.0 Å². The molecule has 1 aliphatic heterocycles. The van der Waals surface area contributed by atoms with Crippen LogP contribution in [-0.4, -0.2) is 18.1 Å². The summed E-state index contributed by atoms with van der Waals surface area (Å²) in [6.45, 7) is 1.02. The highest BCUT2D eigenvalue weighted by Crippen LogP contribution is 2.35. The zero-order chi connectivity index (χ0) is 13.8. The number of nitrogens with zero attached hydrogens (tertiary/aromatic N) is 1. The van der Waals surface area contributed by atoms with Gasteiger partial charge in [0.25, 0.3) is 0 Å². The Balaban J connectivity index is 0.00000161. The Labute approximate surface area is 144 Å². The van der Waals surface area contributed by atoms with E-state index in [9.17, 15) is 0 Å². The van der Waals surface area contributed by atoms with E-state index in [2.05, 4.69) is 92.1 Å². The zero-order valence-electron chi connectivity index (χ0n) is 12.2. The van der Waals surface area contributed by atoms with Crippen LogP contribution in [0.5, 0.6) is 0 Å². The predicted octanol–water partition coefficient (Wildman–Crippen LogP) is 1.31. The largest absolute Gasteiger partial charge is 1.00 e. The molecule has 21 heavy (non-hydrogen) atoms. The lowest BCUT2D eigenvalue weighted by Gasteiger charge is -2.39. The fourth-order valence-corrected chi connectivity index (χ4v) is 3.01. The van der Waals surface area contributed by atoms with Gasteiger partial charge >= 0.3 is 0 Å². The molecular formula is C19H20IN. The van der Waals surface area contributed by atoms with E-state index >= 15 is 0 Å². The molecule has 0 spiro atoms. The summed E-state index contributed by atoms with van der Waals surface area (Å²) in [5, 5.41) is 0. The number of halogens is 1. The van der Waals surface area contributed by atoms with Crippen LogP contribution in [0.15, 0.2) is 85.1 Å². The molecular weight excluding hydrogens is 369 g/mol. The van der Waals surface area contributed by atoms with Gasteiger partial charge in [-0.2, -0.15) is 0 Å². The minimum Gasteiger partial charge on any atom is -1.00 e. The van der Waals surface area contributed by atoms with Gasteiger partial charge in [-0.05, 0) is 12.2 Å². The van der Waals surface area contributed by atoms with Gasteiger partial charge in [-0.1, -0.05) is 66.7 Å². The van der Waals surface area contributed by atoms with Gasteiger partial charge in [-0.25, -0.2) is 0 Å². The molecule has 0 saturated carbocycles. The molecule has 0 N–H and O–H groups in total. The number of likely N-dealkylation sites (N-methyl/N-ethyl adjacent to an activating group) is 1. The van der Waals surface area contributed by atoms with Gasteiger partial charge in [-0.3, -0.25) is 4.48 Å². The molecule has 0 amide bonds. The Morgan fingerprint density at radius 1 is 0.810 bits per heavy atom. The summed E-state index contributed by atoms with van der Waals surface area (Å²) in [5.41, 5.74) is 2.72. The molecule has 2 heteroatoms. The second kappa shape index (κ2) is 7.05. The minimum atomic E-state index is 0. The summed E-state index contributed by atoms with van der Waals surface area (Å²) in [5.74, 6) is 0. The Kier molecular flexibility index (Phi) is 5.37. The molecule has 0 aromatic heterocycles. The zero-order valence-corrected chi connectivity index (χ0v) is 14.4. The van der Waals surface area contributed by atoms with E-state index in [0.29, 0.717) is 6.04 Å². The van der Waals surface area contributed by atoms with Gasteiger partial charge in [0.15, 0.2) is 0 Å². The van der Waals surface area contributed by atoms with E-state index < -0.39 is 0 Å². The van der Waals surface area contributed by atoms with Crippen LogP contribution in [0.3, 0.4) is 0 Å². The summed E-state index contributed by atoms with van der Waals surface area (Å²) in [4.78, 5) is 0. The number of rotatable bonds is 3. The third-order valence-electron chi connectivity index (χ3n) is 3.99. The first kappa shape index (κ1) is 16.0. The van der Waals surface area contributed by atoms with Gasteiger partial charge in [0.05, 0.1) is 13.2 Å². The SMILES string of the molecule is C[N+]1(C(c2ccccc2)c2ccccc2)C=CC=CC1.[I-]. The van der Waals surface area contributed by atoms with Crippen LogP contribution in [-0.2, 0) is 0 Å². The first-order valence-corrected chi connectivity index (χ1v) is 7.09. The molecule has 0 bridgehead atoms. The first-order valence-electron chi connectivity index (χ1n) is 7.09. The maximum absolute atomic E-state index is 2.30. The molecule has 1 aliphatic rings. The van der Waals surface area contributed by atoms with Gasteiger partial charge in [0, 0.05) is 11.1 Å². The van der Waals surface area contributed by atoms with Crippen molar-refractivity contribution >= 4 is 0 Å². The molecule has 0 radical (unpaired) electrons. The second-order valence-electron chi connectivity index (χ2n) is 5.52. The van der Waals surface area contributed by atoms with Crippen molar-refractivity contribution in [2.75, 3.05) is 13.6 Å². The Bertz CT molecular complexity index is 579. The minimum absolute atomic E-state index is 0. The van der Waals surface area contributed by atoms with Crippen molar-refractivity contribution in [2.24, 2.45) is 0 Å². The number of hydrogen-bond donors (Lipinski definition) is 0. The first-order chi connectivity index (χ1) is 9.80. The molecule has 108 valence electrons. The van der Waals surface area contributed by atoms with Crippen LogP contribution in [0, 0.1) is 0 Å². The number of quaternary nitrogens is 1. The maximum Gasteiger partial charge on any atom is 0.145 e. The molecule has 2 aromatic rings. The van der Waals surface area contributed by atoms with Crippen molar-refractivity contribution in [1.29, 1.82) is 0 Å². The predicted molar refractivity (Wildman–Crippen MR) is 84.1 cm³/mol. The van der Waals surface area contributed by atoms with Crippen molar-refractivity contribution in [1.82, 2.24) is 0 Å². The lowest BCUT2D eigenvalue weighted by Crippen LogP contribution is -3.00. The smallest absolute Gasteiger partial charge is 0.145 e. The third kappa shape index (κ3) is 3.44. The fraction of sp³-hybridized carbons (Fsp3) is 0.158. The lowest BCUT2D eigenvalue weighted by atomic mass is 9.95. The average Bonchev–Trinajstić information content (AvgIpc) is 2.50. The van der Waals surface area contributed by atoms with Crippen molar-refractivity contribution < 1.29 is 28.5 Å². The average molecular weight is 389 g/mol. The molecule has 2 aromatic carbocycles. The van der Waals surface area contributed by atoms with Crippen molar-refractivity contribution in [3.05, 3.63) is 96.2 Å². The van der Waals surface area contributed by atoms with E-state index in [1.54, 1.807) is 0 Å². The molecule has 1 atom stereocenters. The van der Waals surface area contributed by atoms with Gasteiger partial charge < -0.3 is 24.0 Å². The highest BCUT2D eigenvalue weighted by atomic mass is 127. The molecule has 0 saturated heterocycles. The molecule has 0 fully saturated rings. The second-order valence-corrected chi connectivity index (χ2v) is 5.52. The van der Waals surface area contributed by atoms with Crippen LogP contribution in [0.2, 0.25) is 0 Å². The molecule has 1 unspecified atom stereocenters. The van der Waals surface area contributed by atoms with Crippen molar-refractivity contribution in [2.45, 2.75) is 6.04 Å². The van der Waals surface area contributed by atoms with Crippen LogP contribution in [0.4, 0.5) is 0 Å². The summed E-state index contributed by atoms with van der Waals surface area (Å²) in [6, 6.07) is 21.9.